The van der Waals surface area contributed by atoms with Crippen molar-refractivity contribution in [2.75, 3.05) is 20.2 Å². The Morgan fingerprint density at radius 1 is 1.20 bits per heavy atom. The molecule has 0 radical (unpaired) electrons. The molecule has 1 saturated heterocycles. The number of benzene rings is 1. The standard InChI is InChI=1S/C20H30N2O3/c1-20(2)13-22(11-10-18(20)21)19(23)14-8-9-16(17(12-14)24-3)25-15-6-4-5-7-15/h8-9,12,15,18H,4-7,10-11,13,21H2,1-3H3. The highest BCUT2D eigenvalue weighted by Gasteiger charge is 2.35. The summed E-state index contributed by atoms with van der Waals surface area (Å²) in [5.74, 6) is 1.39. The largest absolute Gasteiger partial charge is 0.493 e. The monoisotopic (exact) mass is 346 g/mol. The van der Waals surface area contributed by atoms with E-state index in [0.29, 0.717) is 24.4 Å². The molecule has 1 aliphatic carbocycles. The lowest BCUT2D eigenvalue weighted by Crippen LogP contribution is -2.54. The second kappa shape index (κ2) is 7.24. The van der Waals surface area contributed by atoms with Gasteiger partial charge in [0.05, 0.1) is 13.2 Å². The second-order valence-corrected chi connectivity index (χ2v) is 8.00. The molecular weight excluding hydrogens is 316 g/mol. The van der Waals surface area contributed by atoms with Crippen LogP contribution < -0.4 is 15.2 Å². The lowest BCUT2D eigenvalue weighted by molar-refractivity contribution is 0.0532. The summed E-state index contributed by atoms with van der Waals surface area (Å²) in [5.41, 5.74) is 6.76. The summed E-state index contributed by atoms with van der Waals surface area (Å²) in [6, 6.07) is 5.64. The molecule has 1 aliphatic heterocycles. The molecule has 5 nitrogen and oxygen atoms in total. The molecule has 1 atom stereocenters. The minimum atomic E-state index is -0.0660. The van der Waals surface area contributed by atoms with Crippen LogP contribution in [0.4, 0.5) is 0 Å². The van der Waals surface area contributed by atoms with Crippen LogP contribution in [0.2, 0.25) is 0 Å². The highest BCUT2D eigenvalue weighted by Crippen LogP contribution is 2.34. The third-order valence-corrected chi connectivity index (χ3v) is 5.61. The average Bonchev–Trinajstić information content (AvgIpc) is 3.10. The number of carbonyl (C=O) groups is 1. The zero-order valence-electron chi connectivity index (χ0n) is 15.6. The predicted octanol–water partition coefficient (Wildman–Crippen LogP) is 3.22. The molecule has 1 unspecified atom stereocenters. The van der Waals surface area contributed by atoms with Crippen molar-refractivity contribution in [1.29, 1.82) is 0 Å². The Kier molecular flexibility index (Phi) is 5.23. The van der Waals surface area contributed by atoms with Gasteiger partial charge in [-0.25, -0.2) is 0 Å². The SMILES string of the molecule is COc1cc(C(=O)N2CCC(N)C(C)(C)C2)ccc1OC1CCCC1. The van der Waals surface area contributed by atoms with Gasteiger partial charge in [0.2, 0.25) is 0 Å². The number of carbonyl (C=O) groups excluding carboxylic acids is 1. The Hall–Kier alpha value is -1.75. The molecule has 0 aromatic heterocycles. The predicted molar refractivity (Wildman–Crippen MR) is 98.2 cm³/mol. The van der Waals surface area contributed by atoms with E-state index in [0.717, 1.165) is 25.0 Å². The minimum absolute atomic E-state index is 0.0330. The third kappa shape index (κ3) is 3.92. The number of hydrogen-bond acceptors (Lipinski definition) is 4. The Labute approximate surface area is 150 Å². The molecule has 2 aliphatic rings. The number of ether oxygens (including phenoxy) is 2. The molecule has 0 spiro atoms. The van der Waals surface area contributed by atoms with Crippen LogP contribution in [0.3, 0.4) is 0 Å². The summed E-state index contributed by atoms with van der Waals surface area (Å²) in [4.78, 5) is 14.8. The van der Waals surface area contributed by atoms with Crippen molar-refractivity contribution in [2.45, 2.75) is 58.1 Å². The van der Waals surface area contributed by atoms with Crippen LogP contribution in [0, 0.1) is 5.41 Å². The topological polar surface area (TPSA) is 64.8 Å². The molecule has 0 bridgehead atoms. The summed E-state index contributed by atoms with van der Waals surface area (Å²) in [7, 11) is 1.62. The van der Waals surface area contributed by atoms with E-state index < -0.39 is 0 Å². The number of rotatable bonds is 4. The van der Waals surface area contributed by atoms with E-state index in [4.69, 9.17) is 15.2 Å². The van der Waals surface area contributed by atoms with Crippen molar-refractivity contribution in [3.05, 3.63) is 23.8 Å². The van der Waals surface area contributed by atoms with Crippen LogP contribution in [0.5, 0.6) is 11.5 Å². The number of hydrogen-bond donors (Lipinski definition) is 1. The van der Waals surface area contributed by atoms with Crippen molar-refractivity contribution in [3.8, 4) is 11.5 Å². The van der Waals surface area contributed by atoms with Gasteiger partial charge in [0.15, 0.2) is 11.5 Å². The van der Waals surface area contributed by atoms with Gasteiger partial charge < -0.3 is 20.1 Å². The van der Waals surface area contributed by atoms with Crippen molar-refractivity contribution in [2.24, 2.45) is 11.1 Å². The summed E-state index contributed by atoms with van der Waals surface area (Å²) in [6.07, 6.45) is 5.71. The molecule has 138 valence electrons. The maximum absolute atomic E-state index is 12.9. The molecule has 25 heavy (non-hydrogen) atoms. The molecule has 2 N–H and O–H groups in total. The fraction of sp³-hybridized carbons (Fsp3) is 0.650. The Morgan fingerprint density at radius 3 is 2.56 bits per heavy atom. The Bertz CT molecular complexity index is 623. The van der Waals surface area contributed by atoms with E-state index in [-0.39, 0.29) is 23.5 Å². The van der Waals surface area contributed by atoms with E-state index >= 15 is 0 Å². The van der Waals surface area contributed by atoms with Crippen molar-refractivity contribution in [1.82, 2.24) is 4.90 Å². The van der Waals surface area contributed by atoms with E-state index in [1.54, 1.807) is 13.2 Å². The fourth-order valence-corrected chi connectivity index (χ4v) is 3.81. The number of piperidine rings is 1. The van der Waals surface area contributed by atoms with E-state index in [2.05, 4.69) is 13.8 Å². The van der Waals surface area contributed by atoms with Gasteiger partial charge >= 0.3 is 0 Å². The number of nitrogens with zero attached hydrogens (tertiary/aromatic N) is 1. The van der Waals surface area contributed by atoms with Gasteiger partial charge in [0, 0.05) is 24.7 Å². The van der Waals surface area contributed by atoms with Crippen LogP contribution >= 0.6 is 0 Å². The second-order valence-electron chi connectivity index (χ2n) is 8.00. The van der Waals surface area contributed by atoms with Gasteiger partial charge in [0.25, 0.3) is 5.91 Å². The third-order valence-electron chi connectivity index (χ3n) is 5.61. The van der Waals surface area contributed by atoms with Crippen molar-refractivity contribution >= 4 is 5.91 Å². The van der Waals surface area contributed by atoms with E-state index in [1.807, 2.05) is 17.0 Å². The molecule has 3 rings (SSSR count). The highest BCUT2D eigenvalue weighted by atomic mass is 16.5. The summed E-state index contributed by atoms with van der Waals surface area (Å²) < 4.78 is 11.5. The number of amides is 1. The van der Waals surface area contributed by atoms with Gasteiger partial charge in [-0.2, -0.15) is 0 Å². The normalized spacial score (nSPS) is 23.5. The van der Waals surface area contributed by atoms with E-state index in [9.17, 15) is 4.79 Å². The molecule has 1 amide bonds. The molecule has 2 fully saturated rings. The molecule has 1 saturated carbocycles. The van der Waals surface area contributed by atoms with Crippen molar-refractivity contribution < 1.29 is 14.3 Å². The van der Waals surface area contributed by atoms with E-state index in [1.165, 1.54) is 12.8 Å². The van der Waals surface area contributed by atoms with Crippen LogP contribution in [0.1, 0.15) is 56.3 Å². The first-order chi connectivity index (χ1) is 11.9. The van der Waals surface area contributed by atoms with Gasteiger partial charge in [-0.05, 0) is 55.7 Å². The fourth-order valence-electron chi connectivity index (χ4n) is 3.81. The zero-order valence-corrected chi connectivity index (χ0v) is 15.6. The number of methoxy groups -OCH3 is 1. The lowest BCUT2D eigenvalue weighted by Gasteiger charge is -2.42. The van der Waals surface area contributed by atoms with Gasteiger partial charge in [-0.15, -0.1) is 0 Å². The van der Waals surface area contributed by atoms with Crippen molar-refractivity contribution in [3.63, 3.8) is 0 Å². The first-order valence-corrected chi connectivity index (χ1v) is 9.30. The quantitative estimate of drug-likeness (QED) is 0.909. The number of likely N-dealkylation sites (tertiary alicyclic amines) is 1. The number of nitrogens with two attached hydrogens (primary N) is 1. The zero-order chi connectivity index (χ0) is 18.0. The Morgan fingerprint density at radius 2 is 1.92 bits per heavy atom. The highest BCUT2D eigenvalue weighted by molar-refractivity contribution is 5.95. The molecule has 1 aromatic rings. The first-order valence-electron chi connectivity index (χ1n) is 9.30. The average molecular weight is 346 g/mol. The molecule has 1 aromatic carbocycles. The first kappa shape index (κ1) is 18.1. The molecule has 5 heteroatoms. The van der Waals surface area contributed by atoms with Gasteiger partial charge in [0.1, 0.15) is 0 Å². The molecule has 1 heterocycles. The Balaban J connectivity index is 1.74. The minimum Gasteiger partial charge on any atom is -0.493 e. The summed E-state index contributed by atoms with van der Waals surface area (Å²) >= 11 is 0. The van der Waals surface area contributed by atoms with Crippen LogP contribution in [0.15, 0.2) is 18.2 Å². The van der Waals surface area contributed by atoms with Gasteiger partial charge in [-0.1, -0.05) is 13.8 Å². The lowest BCUT2D eigenvalue weighted by atomic mass is 9.79. The van der Waals surface area contributed by atoms with Gasteiger partial charge in [-0.3, -0.25) is 4.79 Å². The summed E-state index contributed by atoms with van der Waals surface area (Å²) in [5, 5.41) is 0. The van der Waals surface area contributed by atoms with Crippen LogP contribution in [0.25, 0.3) is 0 Å². The maximum Gasteiger partial charge on any atom is 0.254 e. The van der Waals surface area contributed by atoms with Crippen LogP contribution in [-0.4, -0.2) is 43.2 Å². The van der Waals surface area contributed by atoms with Crippen LogP contribution in [-0.2, 0) is 0 Å². The molecular formula is C20H30N2O3. The summed E-state index contributed by atoms with van der Waals surface area (Å²) in [6.45, 7) is 5.62. The smallest absolute Gasteiger partial charge is 0.254 e. The maximum atomic E-state index is 12.9.